The van der Waals surface area contributed by atoms with Gasteiger partial charge in [-0.15, -0.1) is 0 Å². The number of H-pyrrole nitrogens is 1. The van der Waals surface area contributed by atoms with Crippen LogP contribution in [0.3, 0.4) is 0 Å². The number of hydrogen-bond donors (Lipinski definition) is 3. The van der Waals surface area contributed by atoms with Crippen molar-refractivity contribution in [1.82, 2.24) is 10.2 Å². The van der Waals surface area contributed by atoms with Gasteiger partial charge in [-0.05, 0) is 19.1 Å². The van der Waals surface area contributed by atoms with Gasteiger partial charge in [0.05, 0.1) is 11.4 Å². The van der Waals surface area contributed by atoms with Crippen LogP contribution in [0.15, 0.2) is 24.3 Å². The highest BCUT2D eigenvalue weighted by atomic mass is 16.3. The maximum absolute atomic E-state index is 9.59. The number of anilines is 1. The third kappa shape index (κ3) is 1.21. The summed E-state index contributed by atoms with van der Waals surface area (Å²) in [5, 5.41) is 16.4. The lowest BCUT2D eigenvalue weighted by molar-refractivity contribution is 0.477. The van der Waals surface area contributed by atoms with Gasteiger partial charge in [-0.25, -0.2) is 0 Å². The van der Waals surface area contributed by atoms with Gasteiger partial charge in [-0.2, -0.15) is 5.10 Å². The number of aromatic nitrogens is 2. The first-order chi connectivity index (χ1) is 6.70. The van der Waals surface area contributed by atoms with Crippen LogP contribution in [0.25, 0.3) is 11.3 Å². The van der Waals surface area contributed by atoms with Crippen molar-refractivity contribution in [2.24, 2.45) is 0 Å². The molecule has 1 aromatic heterocycles. The van der Waals surface area contributed by atoms with Gasteiger partial charge in [-0.1, -0.05) is 12.1 Å². The minimum absolute atomic E-state index is 0.186. The van der Waals surface area contributed by atoms with Crippen LogP contribution in [0.2, 0.25) is 0 Å². The average molecular weight is 189 g/mol. The van der Waals surface area contributed by atoms with Crippen molar-refractivity contribution in [2.45, 2.75) is 6.92 Å². The van der Waals surface area contributed by atoms with E-state index < -0.39 is 0 Å². The Morgan fingerprint density at radius 3 is 2.64 bits per heavy atom. The van der Waals surface area contributed by atoms with E-state index in [-0.39, 0.29) is 5.75 Å². The normalized spacial score (nSPS) is 10.4. The van der Waals surface area contributed by atoms with E-state index in [1.54, 1.807) is 18.2 Å². The van der Waals surface area contributed by atoms with Crippen molar-refractivity contribution in [3.63, 3.8) is 0 Å². The van der Waals surface area contributed by atoms with Gasteiger partial charge < -0.3 is 10.8 Å². The first-order valence-corrected chi connectivity index (χ1v) is 4.29. The van der Waals surface area contributed by atoms with Crippen molar-refractivity contribution < 1.29 is 5.11 Å². The van der Waals surface area contributed by atoms with Gasteiger partial charge >= 0.3 is 0 Å². The summed E-state index contributed by atoms with van der Waals surface area (Å²) < 4.78 is 0. The SMILES string of the molecule is Cc1[nH]nc(-c2ccccc2O)c1N. The summed E-state index contributed by atoms with van der Waals surface area (Å²) in [6.07, 6.45) is 0. The topological polar surface area (TPSA) is 74.9 Å². The fourth-order valence-electron chi connectivity index (χ4n) is 1.32. The zero-order chi connectivity index (χ0) is 10.1. The maximum atomic E-state index is 9.59. The van der Waals surface area contributed by atoms with Crippen LogP contribution in [0.4, 0.5) is 5.69 Å². The van der Waals surface area contributed by atoms with E-state index in [0.29, 0.717) is 16.9 Å². The van der Waals surface area contributed by atoms with E-state index in [0.717, 1.165) is 5.69 Å². The van der Waals surface area contributed by atoms with Crippen LogP contribution < -0.4 is 5.73 Å². The van der Waals surface area contributed by atoms with E-state index in [1.165, 1.54) is 0 Å². The molecule has 0 amide bonds. The number of nitrogens with one attached hydrogen (secondary N) is 1. The average Bonchev–Trinajstić information content (AvgIpc) is 2.49. The zero-order valence-electron chi connectivity index (χ0n) is 7.78. The second kappa shape index (κ2) is 3.06. The molecule has 1 aromatic carbocycles. The van der Waals surface area contributed by atoms with E-state index in [4.69, 9.17) is 5.73 Å². The number of nitrogens with two attached hydrogens (primary N) is 1. The molecule has 4 heteroatoms. The van der Waals surface area contributed by atoms with Gasteiger partial charge in [0.15, 0.2) is 0 Å². The number of phenolic OH excluding ortho intramolecular Hbond substituents is 1. The van der Waals surface area contributed by atoms with Crippen LogP contribution in [0, 0.1) is 6.92 Å². The molecule has 4 N–H and O–H groups in total. The number of nitrogens with zero attached hydrogens (tertiary/aromatic N) is 1. The fourth-order valence-corrected chi connectivity index (χ4v) is 1.32. The van der Waals surface area contributed by atoms with Crippen molar-refractivity contribution in [3.05, 3.63) is 30.0 Å². The maximum Gasteiger partial charge on any atom is 0.125 e. The summed E-state index contributed by atoms with van der Waals surface area (Å²) in [6.45, 7) is 1.84. The first kappa shape index (κ1) is 8.62. The van der Waals surface area contributed by atoms with Crippen LogP contribution in [-0.4, -0.2) is 15.3 Å². The highest BCUT2D eigenvalue weighted by Gasteiger charge is 2.11. The molecular weight excluding hydrogens is 178 g/mol. The van der Waals surface area contributed by atoms with Gasteiger partial charge in [0.2, 0.25) is 0 Å². The Bertz CT molecular complexity index is 462. The lowest BCUT2D eigenvalue weighted by Gasteiger charge is -2.01. The van der Waals surface area contributed by atoms with Crippen molar-refractivity contribution >= 4 is 5.69 Å². The highest BCUT2D eigenvalue weighted by molar-refractivity contribution is 5.77. The van der Waals surface area contributed by atoms with Crippen LogP contribution >= 0.6 is 0 Å². The minimum Gasteiger partial charge on any atom is -0.507 e. The molecule has 14 heavy (non-hydrogen) atoms. The van der Waals surface area contributed by atoms with Gasteiger partial charge in [0.1, 0.15) is 11.4 Å². The molecule has 0 atom stereocenters. The highest BCUT2D eigenvalue weighted by Crippen LogP contribution is 2.31. The number of phenols is 1. The largest absolute Gasteiger partial charge is 0.507 e. The quantitative estimate of drug-likeness (QED) is 0.638. The summed E-state index contributed by atoms with van der Waals surface area (Å²) >= 11 is 0. The number of para-hydroxylation sites is 1. The van der Waals surface area contributed by atoms with Gasteiger partial charge in [-0.3, -0.25) is 5.10 Å². The molecule has 0 fully saturated rings. The molecule has 0 aliphatic rings. The molecule has 0 unspecified atom stereocenters. The van der Waals surface area contributed by atoms with E-state index in [1.807, 2.05) is 13.0 Å². The number of aryl methyl sites for hydroxylation is 1. The Kier molecular flexibility index (Phi) is 1.89. The molecule has 0 aliphatic carbocycles. The molecular formula is C10H11N3O. The Labute approximate surface area is 81.4 Å². The molecule has 0 saturated heterocycles. The molecule has 0 aliphatic heterocycles. The summed E-state index contributed by atoms with van der Waals surface area (Å²) in [4.78, 5) is 0. The Balaban J connectivity index is 2.60. The number of aromatic hydroxyl groups is 1. The number of benzene rings is 1. The Morgan fingerprint density at radius 1 is 1.36 bits per heavy atom. The van der Waals surface area contributed by atoms with Crippen LogP contribution in [-0.2, 0) is 0 Å². The van der Waals surface area contributed by atoms with Crippen LogP contribution in [0.1, 0.15) is 5.69 Å². The molecule has 0 saturated carbocycles. The molecule has 72 valence electrons. The zero-order valence-corrected chi connectivity index (χ0v) is 7.78. The first-order valence-electron chi connectivity index (χ1n) is 4.29. The summed E-state index contributed by atoms with van der Waals surface area (Å²) in [7, 11) is 0. The van der Waals surface area contributed by atoms with Crippen LogP contribution in [0.5, 0.6) is 5.75 Å². The van der Waals surface area contributed by atoms with Crippen molar-refractivity contribution in [1.29, 1.82) is 0 Å². The lowest BCUT2D eigenvalue weighted by atomic mass is 10.1. The second-order valence-corrected chi connectivity index (χ2v) is 3.13. The number of nitrogen functional groups attached to an aromatic ring is 1. The second-order valence-electron chi connectivity index (χ2n) is 3.13. The van der Waals surface area contributed by atoms with Gasteiger partial charge in [0.25, 0.3) is 0 Å². The molecule has 2 rings (SSSR count). The summed E-state index contributed by atoms with van der Waals surface area (Å²) in [5.74, 6) is 0.186. The Morgan fingerprint density at radius 2 is 2.07 bits per heavy atom. The molecule has 0 bridgehead atoms. The number of rotatable bonds is 1. The van der Waals surface area contributed by atoms with E-state index >= 15 is 0 Å². The van der Waals surface area contributed by atoms with Crippen molar-refractivity contribution in [3.8, 4) is 17.0 Å². The molecule has 2 aromatic rings. The predicted molar refractivity (Wildman–Crippen MR) is 54.8 cm³/mol. The van der Waals surface area contributed by atoms with E-state index in [9.17, 15) is 5.11 Å². The molecule has 4 nitrogen and oxygen atoms in total. The molecule has 0 radical (unpaired) electrons. The standard InChI is InChI=1S/C10H11N3O/c1-6-9(11)10(13-12-6)7-4-2-3-5-8(7)14/h2-5,14H,11H2,1H3,(H,12,13). The number of hydrogen-bond acceptors (Lipinski definition) is 3. The smallest absolute Gasteiger partial charge is 0.125 e. The monoisotopic (exact) mass is 189 g/mol. The minimum atomic E-state index is 0.186. The Hall–Kier alpha value is -1.97. The van der Waals surface area contributed by atoms with Gasteiger partial charge in [0, 0.05) is 5.56 Å². The third-order valence-electron chi connectivity index (χ3n) is 2.15. The lowest BCUT2D eigenvalue weighted by Crippen LogP contribution is -1.88. The third-order valence-corrected chi connectivity index (χ3v) is 2.15. The van der Waals surface area contributed by atoms with Crippen molar-refractivity contribution in [2.75, 3.05) is 5.73 Å². The fraction of sp³-hybridized carbons (Fsp3) is 0.100. The predicted octanol–water partition coefficient (Wildman–Crippen LogP) is 1.67. The summed E-state index contributed by atoms with van der Waals surface area (Å²) in [5.41, 5.74) is 8.43. The molecule has 0 spiro atoms. The molecule has 1 heterocycles. The number of aromatic amines is 1. The summed E-state index contributed by atoms with van der Waals surface area (Å²) in [6, 6.07) is 6.98. The van der Waals surface area contributed by atoms with E-state index in [2.05, 4.69) is 10.2 Å².